The molecule has 1 fully saturated rings. The zero-order valence-corrected chi connectivity index (χ0v) is 13.9. The van der Waals surface area contributed by atoms with Gasteiger partial charge in [0.15, 0.2) is 0 Å². The van der Waals surface area contributed by atoms with Crippen LogP contribution >= 0.6 is 0 Å². The third kappa shape index (κ3) is 4.14. The van der Waals surface area contributed by atoms with E-state index in [-0.39, 0.29) is 17.8 Å². The number of phenolic OH excluding ortho intramolecular Hbond substituents is 1. The average Bonchev–Trinajstić information content (AvgIpc) is 3.20. The van der Waals surface area contributed by atoms with Crippen LogP contribution in [0.3, 0.4) is 0 Å². The van der Waals surface area contributed by atoms with Crippen LogP contribution in [0.1, 0.15) is 24.0 Å². The van der Waals surface area contributed by atoms with E-state index in [2.05, 4.69) is 5.10 Å². The Balaban J connectivity index is 1.72. The van der Waals surface area contributed by atoms with Gasteiger partial charge in [-0.3, -0.25) is 9.48 Å². The van der Waals surface area contributed by atoms with Crippen molar-refractivity contribution in [1.82, 2.24) is 14.7 Å². The molecule has 24 heavy (non-hydrogen) atoms. The van der Waals surface area contributed by atoms with Crippen molar-refractivity contribution in [2.24, 2.45) is 7.05 Å². The Kier molecular flexibility index (Phi) is 5.15. The number of aromatic hydroxyl groups is 1. The van der Waals surface area contributed by atoms with Crippen LogP contribution < -0.4 is 0 Å². The van der Waals surface area contributed by atoms with Gasteiger partial charge < -0.3 is 14.7 Å². The average molecular weight is 329 g/mol. The summed E-state index contributed by atoms with van der Waals surface area (Å²) in [7, 11) is 1.83. The van der Waals surface area contributed by atoms with Gasteiger partial charge in [-0.1, -0.05) is 18.2 Å². The zero-order chi connectivity index (χ0) is 16.9. The van der Waals surface area contributed by atoms with E-state index in [1.165, 1.54) is 0 Å². The van der Waals surface area contributed by atoms with Crippen molar-refractivity contribution in [2.75, 3.05) is 13.2 Å². The van der Waals surface area contributed by atoms with Gasteiger partial charge in [-0.15, -0.1) is 0 Å². The van der Waals surface area contributed by atoms with Crippen LogP contribution in [0.4, 0.5) is 0 Å². The Morgan fingerprint density at radius 1 is 1.46 bits per heavy atom. The van der Waals surface area contributed by atoms with Crippen molar-refractivity contribution in [3.8, 4) is 5.75 Å². The minimum absolute atomic E-state index is 0.0155. The van der Waals surface area contributed by atoms with Gasteiger partial charge in [0, 0.05) is 38.5 Å². The molecule has 1 saturated heterocycles. The lowest BCUT2D eigenvalue weighted by molar-refractivity contribution is -0.132. The van der Waals surface area contributed by atoms with Crippen LogP contribution in [-0.2, 0) is 29.5 Å². The summed E-state index contributed by atoms with van der Waals surface area (Å²) in [5, 5.41) is 14.1. The minimum Gasteiger partial charge on any atom is -0.508 e. The largest absolute Gasteiger partial charge is 0.508 e. The summed E-state index contributed by atoms with van der Waals surface area (Å²) in [5.41, 5.74) is 1.63. The molecule has 1 aromatic heterocycles. The normalized spacial score (nSPS) is 17.1. The van der Waals surface area contributed by atoms with Crippen LogP contribution in [0.25, 0.3) is 0 Å². The van der Waals surface area contributed by atoms with Crippen LogP contribution in [0.2, 0.25) is 0 Å². The fourth-order valence-electron chi connectivity index (χ4n) is 2.99. The molecule has 2 aromatic rings. The van der Waals surface area contributed by atoms with Gasteiger partial charge in [-0.2, -0.15) is 5.10 Å². The van der Waals surface area contributed by atoms with Crippen molar-refractivity contribution < 1.29 is 14.6 Å². The van der Waals surface area contributed by atoms with Crippen LogP contribution in [0.15, 0.2) is 36.7 Å². The zero-order valence-electron chi connectivity index (χ0n) is 13.9. The summed E-state index contributed by atoms with van der Waals surface area (Å²) in [6, 6.07) is 7.13. The van der Waals surface area contributed by atoms with Gasteiger partial charge in [-0.05, 0) is 24.5 Å². The smallest absolute Gasteiger partial charge is 0.227 e. The summed E-state index contributed by atoms with van der Waals surface area (Å²) in [5.74, 6) is 0.228. The molecule has 0 saturated carbocycles. The molecule has 1 amide bonds. The number of hydrogen-bond acceptors (Lipinski definition) is 4. The molecule has 1 aromatic carbocycles. The first-order chi connectivity index (χ1) is 11.6. The number of amides is 1. The van der Waals surface area contributed by atoms with Crippen LogP contribution in [0.5, 0.6) is 5.75 Å². The molecule has 6 nitrogen and oxygen atoms in total. The van der Waals surface area contributed by atoms with Gasteiger partial charge in [-0.25, -0.2) is 0 Å². The molecular weight excluding hydrogens is 306 g/mol. The number of ether oxygens (including phenoxy) is 1. The van der Waals surface area contributed by atoms with E-state index in [1.54, 1.807) is 27.9 Å². The number of aromatic nitrogens is 2. The Labute approximate surface area is 141 Å². The number of carbonyl (C=O) groups is 1. The molecule has 3 rings (SSSR count). The Morgan fingerprint density at radius 3 is 2.96 bits per heavy atom. The van der Waals surface area contributed by atoms with Crippen molar-refractivity contribution in [3.05, 3.63) is 47.8 Å². The third-order valence-corrected chi connectivity index (χ3v) is 4.27. The van der Waals surface area contributed by atoms with Gasteiger partial charge in [0.1, 0.15) is 5.75 Å². The highest BCUT2D eigenvalue weighted by Gasteiger charge is 2.23. The summed E-state index contributed by atoms with van der Waals surface area (Å²) in [6.07, 6.45) is 5.94. The quantitative estimate of drug-likeness (QED) is 0.879. The molecule has 1 N–H and O–H groups in total. The molecule has 0 bridgehead atoms. The van der Waals surface area contributed by atoms with Crippen molar-refractivity contribution in [2.45, 2.75) is 31.9 Å². The first kappa shape index (κ1) is 16.5. The van der Waals surface area contributed by atoms with E-state index in [0.29, 0.717) is 19.5 Å². The number of benzene rings is 1. The predicted octanol–water partition coefficient (Wildman–Crippen LogP) is 1.88. The maximum atomic E-state index is 12.8. The fourth-order valence-corrected chi connectivity index (χ4v) is 2.99. The van der Waals surface area contributed by atoms with Crippen molar-refractivity contribution in [3.63, 3.8) is 0 Å². The summed E-state index contributed by atoms with van der Waals surface area (Å²) >= 11 is 0. The number of aryl methyl sites for hydroxylation is 1. The molecule has 2 heterocycles. The van der Waals surface area contributed by atoms with Gasteiger partial charge in [0.2, 0.25) is 5.91 Å². The monoisotopic (exact) mass is 329 g/mol. The molecule has 0 aliphatic carbocycles. The standard InChI is InChI=1S/C18H23N3O3/c1-20-11-14(10-19-20)9-18(23)21(13-16-6-4-8-24-16)12-15-5-2-3-7-17(15)22/h2-3,5,7,10-11,16,22H,4,6,8-9,12-13H2,1H3/t16-/m1/s1. The second-order valence-corrected chi connectivity index (χ2v) is 6.24. The number of nitrogens with zero attached hydrogens (tertiary/aromatic N) is 3. The van der Waals surface area contributed by atoms with Crippen molar-refractivity contribution in [1.29, 1.82) is 0 Å². The molecule has 1 atom stereocenters. The second kappa shape index (κ2) is 7.49. The van der Waals surface area contributed by atoms with Crippen LogP contribution in [0, 0.1) is 0 Å². The summed E-state index contributed by atoms with van der Waals surface area (Å²) in [4.78, 5) is 14.6. The van der Waals surface area contributed by atoms with Crippen molar-refractivity contribution >= 4 is 5.91 Å². The predicted molar refractivity (Wildman–Crippen MR) is 89.4 cm³/mol. The molecule has 0 spiro atoms. The molecule has 128 valence electrons. The van der Waals surface area contributed by atoms with E-state index in [9.17, 15) is 9.90 Å². The first-order valence-corrected chi connectivity index (χ1v) is 8.25. The Morgan fingerprint density at radius 2 is 2.29 bits per heavy atom. The van der Waals surface area contributed by atoms with E-state index in [1.807, 2.05) is 25.4 Å². The highest BCUT2D eigenvalue weighted by molar-refractivity contribution is 5.78. The lowest BCUT2D eigenvalue weighted by Gasteiger charge is -2.26. The Hall–Kier alpha value is -2.34. The number of rotatable bonds is 6. The number of carbonyl (C=O) groups excluding carboxylic acids is 1. The third-order valence-electron chi connectivity index (χ3n) is 4.27. The molecule has 0 unspecified atom stereocenters. The lowest BCUT2D eigenvalue weighted by atomic mass is 10.1. The second-order valence-electron chi connectivity index (χ2n) is 6.24. The molecule has 1 aliphatic rings. The van der Waals surface area contributed by atoms with E-state index >= 15 is 0 Å². The first-order valence-electron chi connectivity index (χ1n) is 8.25. The lowest BCUT2D eigenvalue weighted by Crippen LogP contribution is -2.37. The molecule has 0 radical (unpaired) electrons. The molecule has 6 heteroatoms. The van der Waals surface area contributed by atoms with Gasteiger partial charge >= 0.3 is 0 Å². The highest BCUT2D eigenvalue weighted by atomic mass is 16.5. The van der Waals surface area contributed by atoms with Crippen LogP contribution in [-0.4, -0.2) is 44.9 Å². The van der Waals surface area contributed by atoms with Gasteiger partial charge in [0.05, 0.1) is 18.7 Å². The summed E-state index contributed by atoms with van der Waals surface area (Å²) in [6.45, 7) is 1.69. The topological polar surface area (TPSA) is 67.6 Å². The number of para-hydroxylation sites is 1. The van der Waals surface area contributed by atoms with E-state index < -0.39 is 0 Å². The SMILES string of the molecule is Cn1cc(CC(=O)N(Cc2ccccc2O)C[C@H]2CCCO2)cn1. The minimum atomic E-state index is 0.0155. The number of phenols is 1. The van der Waals surface area contributed by atoms with Gasteiger partial charge in [0.25, 0.3) is 0 Å². The Bertz CT molecular complexity index is 692. The van der Waals surface area contributed by atoms with E-state index in [0.717, 1.165) is 30.6 Å². The highest BCUT2D eigenvalue weighted by Crippen LogP contribution is 2.21. The maximum Gasteiger partial charge on any atom is 0.227 e. The molecule has 1 aliphatic heterocycles. The number of hydrogen-bond donors (Lipinski definition) is 1. The molecular formula is C18H23N3O3. The maximum absolute atomic E-state index is 12.8. The summed E-state index contributed by atoms with van der Waals surface area (Å²) < 4.78 is 7.37. The fraction of sp³-hybridized carbons (Fsp3) is 0.444. The van der Waals surface area contributed by atoms with E-state index in [4.69, 9.17) is 4.74 Å².